The first-order valence-corrected chi connectivity index (χ1v) is 8.45. The Hall–Kier alpha value is -0.630. The molecule has 1 aromatic rings. The highest BCUT2D eigenvalue weighted by Crippen LogP contribution is 2.28. The van der Waals surface area contributed by atoms with Gasteiger partial charge < -0.3 is 5.73 Å². The van der Waals surface area contributed by atoms with E-state index in [4.69, 9.17) is 5.73 Å². The molecule has 1 unspecified atom stereocenters. The van der Waals surface area contributed by atoms with Crippen LogP contribution in [0.1, 0.15) is 31.2 Å². The summed E-state index contributed by atoms with van der Waals surface area (Å²) >= 11 is 0. The van der Waals surface area contributed by atoms with E-state index in [1.54, 1.807) is 29.9 Å². The fourth-order valence-corrected chi connectivity index (χ4v) is 4.77. The molecule has 0 bridgehead atoms. The van der Waals surface area contributed by atoms with Crippen molar-refractivity contribution in [3.63, 3.8) is 0 Å². The fourth-order valence-electron chi connectivity index (χ4n) is 2.90. The SMILES string of the molecule is Cc1nn(C)c(C)c1S(=O)(=O)N1CCC(C(C)N)CC1.Cl. The van der Waals surface area contributed by atoms with E-state index in [-0.39, 0.29) is 18.4 Å². The Kier molecular flexibility index (Phi) is 5.83. The molecule has 0 spiro atoms. The minimum atomic E-state index is -3.44. The minimum absolute atomic E-state index is 0. The molecule has 0 amide bonds. The lowest BCUT2D eigenvalue weighted by atomic mass is 9.92. The van der Waals surface area contributed by atoms with Crippen LogP contribution in [0.25, 0.3) is 0 Å². The van der Waals surface area contributed by atoms with E-state index in [1.807, 2.05) is 6.92 Å². The molecule has 0 aromatic carbocycles. The molecule has 8 heteroatoms. The second kappa shape index (κ2) is 6.64. The lowest BCUT2D eigenvalue weighted by molar-refractivity contribution is 0.250. The first-order chi connectivity index (χ1) is 9.25. The molecule has 0 aliphatic carbocycles. The van der Waals surface area contributed by atoms with Gasteiger partial charge in [0.2, 0.25) is 10.0 Å². The van der Waals surface area contributed by atoms with E-state index in [1.165, 1.54) is 0 Å². The van der Waals surface area contributed by atoms with Crippen LogP contribution in [-0.4, -0.2) is 41.6 Å². The fraction of sp³-hybridized carbons (Fsp3) is 0.769. The Labute approximate surface area is 133 Å². The molecule has 1 aliphatic rings. The molecule has 2 N–H and O–H groups in total. The highest BCUT2D eigenvalue weighted by molar-refractivity contribution is 7.89. The summed E-state index contributed by atoms with van der Waals surface area (Å²) in [5.41, 5.74) is 7.16. The van der Waals surface area contributed by atoms with Gasteiger partial charge in [-0.25, -0.2) is 8.42 Å². The van der Waals surface area contributed by atoms with Gasteiger partial charge in [0.05, 0.1) is 11.4 Å². The standard InChI is InChI=1S/C13H24N4O2S.ClH/c1-9(14)12-5-7-17(8-6-12)20(18,19)13-10(2)15-16(4)11(13)3;/h9,12H,5-8,14H2,1-4H3;1H. The molecule has 1 aromatic heterocycles. The Morgan fingerprint density at radius 1 is 1.29 bits per heavy atom. The van der Waals surface area contributed by atoms with E-state index in [0.717, 1.165) is 12.8 Å². The van der Waals surface area contributed by atoms with Crippen molar-refractivity contribution in [3.05, 3.63) is 11.4 Å². The Bertz CT molecular complexity index is 590. The van der Waals surface area contributed by atoms with E-state index in [2.05, 4.69) is 5.10 Å². The average molecular weight is 337 g/mol. The lowest BCUT2D eigenvalue weighted by Crippen LogP contribution is -2.42. The number of nitrogens with zero attached hydrogens (tertiary/aromatic N) is 3. The van der Waals surface area contributed by atoms with Crippen LogP contribution in [0.2, 0.25) is 0 Å². The first kappa shape index (κ1) is 18.4. The number of aryl methyl sites for hydroxylation is 2. The Morgan fingerprint density at radius 2 is 1.81 bits per heavy atom. The van der Waals surface area contributed by atoms with Gasteiger partial charge in [-0.1, -0.05) is 0 Å². The summed E-state index contributed by atoms with van der Waals surface area (Å²) in [4.78, 5) is 0.360. The van der Waals surface area contributed by atoms with Crippen molar-refractivity contribution >= 4 is 22.4 Å². The summed E-state index contributed by atoms with van der Waals surface area (Å²) in [5.74, 6) is 0.414. The first-order valence-electron chi connectivity index (χ1n) is 7.01. The van der Waals surface area contributed by atoms with Crippen LogP contribution in [0.3, 0.4) is 0 Å². The van der Waals surface area contributed by atoms with Gasteiger partial charge in [-0.05, 0) is 39.5 Å². The summed E-state index contributed by atoms with van der Waals surface area (Å²) in [6.45, 7) is 6.62. The third-order valence-electron chi connectivity index (χ3n) is 4.28. The Morgan fingerprint density at radius 3 is 2.19 bits per heavy atom. The van der Waals surface area contributed by atoms with Crippen LogP contribution < -0.4 is 5.73 Å². The van der Waals surface area contributed by atoms with Crippen molar-refractivity contribution < 1.29 is 8.42 Å². The summed E-state index contributed by atoms with van der Waals surface area (Å²) in [7, 11) is -1.67. The number of hydrogen-bond donors (Lipinski definition) is 1. The summed E-state index contributed by atoms with van der Waals surface area (Å²) in [6.07, 6.45) is 1.66. The number of aromatic nitrogens is 2. The van der Waals surface area contributed by atoms with Gasteiger partial charge in [-0.3, -0.25) is 4.68 Å². The van der Waals surface area contributed by atoms with Gasteiger partial charge in [0.15, 0.2) is 0 Å². The second-order valence-electron chi connectivity index (χ2n) is 5.72. The number of sulfonamides is 1. The maximum absolute atomic E-state index is 12.8. The molecule has 1 saturated heterocycles. The van der Waals surface area contributed by atoms with Crippen molar-refractivity contribution in [3.8, 4) is 0 Å². The molecule has 2 rings (SSSR count). The highest BCUT2D eigenvalue weighted by atomic mass is 35.5. The second-order valence-corrected chi connectivity index (χ2v) is 7.60. The minimum Gasteiger partial charge on any atom is -0.328 e. The van der Waals surface area contributed by atoms with Crippen molar-refractivity contribution in [2.45, 2.75) is 44.6 Å². The Balaban J connectivity index is 0.00000220. The predicted octanol–water partition coefficient (Wildman–Crippen LogP) is 1.21. The van der Waals surface area contributed by atoms with Crippen LogP contribution in [0.4, 0.5) is 0 Å². The summed E-state index contributed by atoms with van der Waals surface area (Å²) in [6, 6.07) is 0.127. The van der Waals surface area contributed by atoms with Crippen molar-refractivity contribution in [2.75, 3.05) is 13.1 Å². The molecular weight excluding hydrogens is 312 g/mol. The van der Waals surface area contributed by atoms with Crippen LogP contribution in [0.5, 0.6) is 0 Å². The maximum Gasteiger partial charge on any atom is 0.246 e. The zero-order valence-electron chi connectivity index (χ0n) is 13.0. The van der Waals surface area contributed by atoms with Crippen LogP contribution in [0.15, 0.2) is 4.90 Å². The zero-order chi connectivity index (χ0) is 15.1. The zero-order valence-corrected chi connectivity index (χ0v) is 14.7. The quantitative estimate of drug-likeness (QED) is 0.899. The molecular formula is C13H25ClN4O2S. The van der Waals surface area contributed by atoms with Gasteiger partial charge in [0.25, 0.3) is 0 Å². The average Bonchev–Trinajstić information content (AvgIpc) is 2.63. The van der Waals surface area contributed by atoms with Gasteiger partial charge >= 0.3 is 0 Å². The highest BCUT2D eigenvalue weighted by Gasteiger charge is 2.33. The smallest absolute Gasteiger partial charge is 0.246 e. The van der Waals surface area contributed by atoms with Gasteiger partial charge in [0.1, 0.15) is 4.90 Å². The van der Waals surface area contributed by atoms with Crippen LogP contribution in [0, 0.1) is 19.8 Å². The summed E-state index contributed by atoms with van der Waals surface area (Å²) in [5, 5.41) is 4.21. The normalized spacial score (nSPS) is 19.3. The maximum atomic E-state index is 12.8. The van der Waals surface area contributed by atoms with E-state index >= 15 is 0 Å². The molecule has 0 radical (unpaired) electrons. The van der Waals surface area contributed by atoms with E-state index < -0.39 is 10.0 Å². The van der Waals surface area contributed by atoms with Gasteiger partial charge in [-0.15, -0.1) is 12.4 Å². The summed E-state index contributed by atoms with van der Waals surface area (Å²) < 4.78 is 28.7. The number of rotatable bonds is 3. The van der Waals surface area contributed by atoms with Gasteiger partial charge in [0, 0.05) is 26.2 Å². The number of halogens is 1. The van der Waals surface area contributed by atoms with Gasteiger partial charge in [-0.2, -0.15) is 9.40 Å². The molecule has 1 aliphatic heterocycles. The van der Waals surface area contributed by atoms with E-state index in [0.29, 0.717) is 35.3 Å². The van der Waals surface area contributed by atoms with Crippen LogP contribution >= 0.6 is 12.4 Å². The van der Waals surface area contributed by atoms with Crippen molar-refractivity contribution in [1.82, 2.24) is 14.1 Å². The molecule has 21 heavy (non-hydrogen) atoms. The topological polar surface area (TPSA) is 81.2 Å². The van der Waals surface area contributed by atoms with Crippen LogP contribution in [-0.2, 0) is 17.1 Å². The molecule has 6 nitrogen and oxygen atoms in total. The molecule has 1 fully saturated rings. The third kappa shape index (κ3) is 3.41. The number of piperidine rings is 1. The molecule has 2 heterocycles. The third-order valence-corrected chi connectivity index (χ3v) is 6.43. The molecule has 122 valence electrons. The van der Waals surface area contributed by atoms with Crippen molar-refractivity contribution in [2.24, 2.45) is 18.7 Å². The monoisotopic (exact) mass is 336 g/mol. The lowest BCUT2D eigenvalue weighted by Gasteiger charge is -2.32. The van der Waals surface area contributed by atoms with E-state index in [9.17, 15) is 8.42 Å². The predicted molar refractivity (Wildman–Crippen MR) is 85.1 cm³/mol. The largest absolute Gasteiger partial charge is 0.328 e. The molecule has 1 atom stereocenters. The van der Waals surface area contributed by atoms with Crippen molar-refractivity contribution in [1.29, 1.82) is 0 Å². The number of hydrogen-bond acceptors (Lipinski definition) is 4. The number of nitrogens with two attached hydrogens (primary N) is 1. The molecule has 0 saturated carbocycles.